The first-order valence-electron chi connectivity index (χ1n) is 9.12. The lowest BCUT2D eigenvalue weighted by Gasteiger charge is -2.08. The quantitative estimate of drug-likeness (QED) is 0.420. The lowest BCUT2D eigenvalue weighted by Crippen LogP contribution is -2.17. The predicted octanol–water partition coefficient (Wildman–Crippen LogP) is 4.70. The maximum atomic E-state index is 12.3. The van der Waals surface area contributed by atoms with Crippen LogP contribution >= 0.6 is 11.6 Å². The van der Waals surface area contributed by atoms with Gasteiger partial charge in [0.25, 0.3) is 5.91 Å². The van der Waals surface area contributed by atoms with E-state index >= 15 is 0 Å². The Labute approximate surface area is 180 Å². The first-order valence-corrected chi connectivity index (χ1v) is 9.49. The van der Waals surface area contributed by atoms with Crippen molar-refractivity contribution in [2.45, 2.75) is 6.61 Å². The fraction of sp³-hybridized carbons (Fsp3) is 0.130. The van der Waals surface area contributed by atoms with Crippen molar-refractivity contribution in [3.8, 4) is 17.2 Å². The van der Waals surface area contributed by atoms with E-state index in [2.05, 4.69) is 10.5 Å². The van der Waals surface area contributed by atoms with Crippen LogP contribution < -0.4 is 19.6 Å². The number of benzene rings is 3. The number of hydrazone groups is 1. The number of hydrogen-bond acceptors (Lipinski definition) is 5. The molecule has 154 valence electrons. The number of hydrogen-bond donors (Lipinski definition) is 1. The van der Waals surface area contributed by atoms with Crippen molar-refractivity contribution in [3.05, 3.63) is 88.4 Å². The number of nitrogens with zero attached hydrogens (tertiary/aromatic N) is 1. The van der Waals surface area contributed by atoms with Gasteiger partial charge in [-0.25, -0.2) is 5.43 Å². The second-order valence-corrected chi connectivity index (χ2v) is 6.66. The minimum Gasteiger partial charge on any atom is -0.497 e. The summed E-state index contributed by atoms with van der Waals surface area (Å²) in [6.45, 7) is 0.382. The molecule has 0 aliphatic carbocycles. The minimum atomic E-state index is -0.372. The van der Waals surface area contributed by atoms with Crippen LogP contribution in [0.4, 0.5) is 0 Å². The molecule has 1 N–H and O–H groups in total. The van der Waals surface area contributed by atoms with E-state index in [0.717, 1.165) is 11.1 Å². The van der Waals surface area contributed by atoms with Crippen molar-refractivity contribution in [3.63, 3.8) is 0 Å². The molecule has 0 fully saturated rings. The molecule has 6 nitrogen and oxygen atoms in total. The second kappa shape index (κ2) is 10.3. The Balaban J connectivity index is 1.56. The third-order valence-electron chi connectivity index (χ3n) is 4.23. The lowest BCUT2D eigenvalue weighted by molar-refractivity contribution is 0.0954. The molecule has 0 aromatic heterocycles. The van der Waals surface area contributed by atoms with Gasteiger partial charge < -0.3 is 14.2 Å². The highest BCUT2D eigenvalue weighted by molar-refractivity contribution is 6.31. The van der Waals surface area contributed by atoms with Crippen molar-refractivity contribution >= 4 is 23.7 Å². The van der Waals surface area contributed by atoms with E-state index in [0.29, 0.717) is 34.4 Å². The zero-order valence-electron chi connectivity index (χ0n) is 16.6. The molecule has 0 heterocycles. The van der Waals surface area contributed by atoms with Gasteiger partial charge in [-0.2, -0.15) is 5.10 Å². The van der Waals surface area contributed by atoms with Crippen molar-refractivity contribution in [2.24, 2.45) is 5.10 Å². The Morgan fingerprint density at radius 3 is 2.27 bits per heavy atom. The summed E-state index contributed by atoms with van der Waals surface area (Å²) in [4.78, 5) is 12.3. The van der Waals surface area contributed by atoms with Gasteiger partial charge in [-0.1, -0.05) is 29.8 Å². The largest absolute Gasteiger partial charge is 0.497 e. The molecule has 0 bridgehead atoms. The van der Waals surface area contributed by atoms with Gasteiger partial charge in [0, 0.05) is 22.2 Å². The monoisotopic (exact) mass is 424 g/mol. The zero-order valence-corrected chi connectivity index (χ0v) is 17.3. The highest BCUT2D eigenvalue weighted by Crippen LogP contribution is 2.22. The van der Waals surface area contributed by atoms with E-state index < -0.39 is 0 Å². The molecule has 0 atom stereocenters. The predicted molar refractivity (Wildman–Crippen MR) is 117 cm³/mol. The van der Waals surface area contributed by atoms with E-state index in [1.807, 2.05) is 48.5 Å². The maximum Gasteiger partial charge on any atom is 0.271 e. The third-order valence-corrected chi connectivity index (χ3v) is 4.59. The lowest BCUT2D eigenvalue weighted by atomic mass is 10.2. The topological polar surface area (TPSA) is 69.2 Å². The van der Waals surface area contributed by atoms with Crippen molar-refractivity contribution in [1.82, 2.24) is 5.43 Å². The molecule has 0 saturated heterocycles. The Morgan fingerprint density at radius 1 is 0.967 bits per heavy atom. The van der Waals surface area contributed by atoms with Crippen LogP contribution in [-0.4, -0.2) is 26.3 Å². The molecule has 0 unspecified atom stereocenters. The molecule has 3 rings (SSSR count). The molecule has 3 aromatic carbocycles. The van der Waals surface area contributed by atoms with Gasteiger partial charge >= 0.3 is 0 Å². The molecule has 0 radical (unpaired) electrons. The van der Waals surface area contributed by atoms with Crippen molar-refractivity contribution in [2.75, 3.05) is 14.2 Å². The van der Waals surface area contributed by atoms with Gasteiger partial charge in [0.2, 0.25) is 0 Å². The summed E-state index contributed by atoms with van der Waals surface area (Å²) in [5, 5.41) is 4.67. The van der Waals surface area contributed by atoms with Crippen LogP contribution in [0.1, 0.15) is 21.5 Å². The molecule has 0 aliphatic rings. The van der Waals surface area contributed by atoms with Gasteiger partial charge in [-0.15, -0.1) is 0 Å². The van der Waals surface area contributed by atoms with Crippen LogP contribution in [0.5, 0.6) is 17.2 Å². The Kier molecular flexibility index (Phi) is 7.29. The summed E-state index contributed by atoms with van der Waals surface area (Å²) in [5.41, 5.74) is 4.60. The van der Waals surface area contributed by atoms with Crippen LogP contribution in [0.25, 0.3) is 0 Å². The van der Waals surface area contributed by atoms with Crippen LogP contribution in [0, 0.1) is 0 Å². The molecule has 0 spiro atoms. The number of amides is 1. The smallest absolute Gasteiger partial charge is 0.271 e. The molecule has 1 amide bonds. The molecule has 0 saturated carbocycles. The number of carbonyl (C=O) groups is 1. The minimum absolute atomic E-state index is 0.372. The van der Waals surface area contributed by atoms with Gasteiger partial charge in [-0.3, -0.25) is 4.79 Å². The van der Waals surface area contributed by atoms with E-state index in [4.69, 9.17) is 25.8 Å². The second-order valence-electron chi connectivity index (χ2n) is 6.25. The standard InChI is InChI=1S/C23H21ClN2O4/c1-28-20-11-18(12-21(13-20)29-2)23(27)26-25-14-16-7-9-19(10-8-16)30-15-17-5-3-4-6-22(17)24/h3-14H,15H2,1-2H3,(H,26,27). The highest BCUT2D eigenvalue weighted by atomic mass is 35.5. The summed E-state index contributed by atoms with van der Waals surface area (Å²) in [6.07, 6.45) is 1.55. The molecule has 0 aliphatic heterocycles. The van der Waals surface area contributed by atoms with Gasteiger partial charge in [0.05, 0.1) is 20.4 Å². The van der Waals surface area contributed by atoms with Gasteiger partial charge in [-0.05, 0) is 48.0 Å². The number of ether oxygens (including phenoxy) is 3. The number of rotatable bonds is 8. The van der Waals surface area contributed by atoms with Gasteiger partial charge in [0.15, 0.2) is 0 Å². The average Bonchev–Trinajstić information content (AvgIpc) is 2.79. The number of carbonyl (C=O) groups excluding carboxylic acids is 1. The van der Waals surface area contributed by atoms with E-state index in [1.54, 1.807) is 24.4 Å². The summed E-state index contributed by atoms with van der Waals surface area (Å²) in [5.74, 6) is 1.38. The number of halogens is 1. The summed E-state index contributed by atoms with van der Waals surface area (Å²) in [7, 11) is 3.05. The number of methoxy groups -OCH3 is 2. The molecule has 3 aromatic rings. The SMILES string of the molecule is COc1cc(OC)cc(C(=O)NN=Cc2ccc(OCc3ccccc3Cl)cc2)c1. The van der Waals surface area contributed by atoms with E-state index in [-0.39, 0.29) is 5.91 Å². The Hall–Kier alpha value is -3.51. The first-order chi connectivity index (χ1) is 14.6. The maximum absolute atomic E-state index is 12.3. The fourth-order valence-corrected chi connectivity index (χ4v) is 2.79. The van der Waals surface area contributed by atoms with Crippen LogP contribution in [0.2, 0.25) is 5.02 Å². The van der Waals surface area contributed by atoms with Crippen molar-refractivity contribution < 1.29 is 19.0 Å². The third kappa shape index (κ3) is 5.75. The van der Waals surface area contributed by atoms with E-state index in [1.165, 1.54) is 14.2 Å². The zero-order chi connectivity index (χ0) is 21.3. The first kappa shape index (κ1) is 21.2. The van der Waals surface area contributed by atoms with Crippen molar-refractivity contribution in [1.29, 1.82) is 0 Å². The summed E-state index contributed by atoms with van der Waals surface area (Å²) in [6, 6.07) is 19.8. The summed E-state index contributed by atoms with van der Waals surface area (Å²) >= 11 is 6.13. The van der Waals surface area contributed by atoms with Gasteiger partial charge in [0.1, 0.15) is 23.9 Å². The number of nitrogens with one attached hydrogen (secondary N) is 1. The molecule has 30 heavy (non-hydrogen) atoms. The van der Waals surface area contributed by atoms with Crippen LogP contribution in [-0.2, 0) is 6.61 Å². The molecular formula is C23H21ClN2O4. The Bertz CT molecular complexity index is 1010. The highest BCUT2D eigenvalue weighted by Gasteiger charge is 2.09. The normalized spacial score (nSPS) is 10.6. The van der Waals surface area contributed by atoms with Crippen LogP contribution in [0.3, 0.4) is 0 Å². The molecule has 7 heteroatoms. The average molecular weight is 425 g/mol. The Morgan fingerprint density at radius 2 is 1.63 bits per heavy atom. The molecular weight excluding hydrogens is 404 g/mol. The van der Waals surface area contributed by atoms with Crippen LogP contribution in [0.15, 0.2) is 71.8 Å². The fourth-order valence-electron chi connectivity index (χ4n) is 2.60. The summed E-state index contributed by atoms with van der Waals surface area (Å²) < 4.78 is 16.1. The van der Waals surface area contributed by atoms with E-state index in [9.17, 15) is 4.79 Å².